The molecule has 0 saturated carbocycles. The number of carboxylic acids is 1. The number of phenolic OH excluding ortho intramolecular Hbond substituents is 1. The fourth-order valence-corrected chi connectivity index (χ4v) is 2.53. The van der Waals surface area contributed by atoms with Gasteiger partial charge >= 0.3 is 5.97 Å². The summed E-state index contributed by atoms with van der Waals surface area (Å²) < 4.78 is 0. The second kappa shape index (κ2) is 7.94. The summed E-state index contributed by atoms with van der Waals surface area (Å²) in [5.41, 5.74) is 0.889. The zero-order valence-corrected chi connectivity index (χ0v) is 15.3. The minimum Gasteiger partial charge on any atom is -0.505 e. The Morgan fingerprint density at radius 2 is 1.78 bits per heavy atom. The minimum absolute atomic E-state index is 0.0604. The smallest absolute Gasteiger partial charge is 0.303 e. The zero-order valence-electron chi connectivity index (χ0n) is 15.3. The van der Waals surface area contributed by atoms with Gasteiger partial charge in [-0.1, -0.05) is 39.0 Å². The Morgan fingerprint density at radius 3 is 2.37 bits per heavy atom. The second-order valence-corrected chi connectivity index (χ2v) is 7.10. The molecule has 0 aliphatic heterocycles. The van der Waals surface area contributed by atoms with Gasteiger partial charge in [-0.15, -0.1) is 10.2 Å². The Kier molecular flexibility index (Phi) is 5.89. The highest BCUT2D eigenvalue weighted by atomic mass is 16.6. The van der Waals surface area contributed by atoms with E-state index in [1.807, 2.05) is 20.8 Å². The number of benzene rings is 2. The van der Waals surface area contributed by atoms with Crippen LogP contribution in [0.3, 0.4) is 0 Å². The molecule has 2 aromatic rings. The van der Waals surface area contributed by atoms with Gasteiger partial charge in [-0.05, 0) is 29.5 Å². The van der Waals surface area contributed by atoms with Crippen molar-refractivity contribution in [3.05, 3.63) is 57.6 Å². The van der Waals surface area contributed by atoms with Crippen molar-refractivity contribution >= 4 is 23.0 Å². The first-order valence-corrected chi connectivity index (χ1v) is 8.33. The van der Waals surface area contributed by atoms with E-state index in [0.29, 0.717) is 11.1 Å². The lowest BCUT2D eigenvalue weighted by Gasteiger charge is -2.22. The van der Waals surface area contributed by atoms with Crippen LogP contribution in [0.5, 0.6) is 5.75 Å². The highest BCUT2D eigenvalue weighted by Crippen LogP contribution is 2.40. The van der Waals surface area contributed by atoms with Gasteiger partial charge < -0.3 is 10.2 Å². The molecular formula is C19H21N3O5. The topological polar surface area (TPSA) is 125 Å². The van der Waals surface area contributed by atoms with Gasteiger partial charge in [0.25, 0.3) is 5.69 Å². The largest absolute Gasteiger partial charge is 0.505 e. The molecule has 0 bridgehead atoms. The van der Waals surface area contributed by atoms with E-state index in [0.717, 1.165) is 0 Å². The van der Waals surface area contributed by atoms with Crippen molar-refractivity contribution in [2.75, 3.05) is 0 Å². The summed E-state index contributed by atoms with van der Waals surface area (Å²) in [7, 11) is 0. The first-order valence-electron chi connectivity index (χ1n) is 8.33. The summed E-state index contributed by atoms with van der Waals surface area (Å²) >= 11 is 0. The van der Waals surface area contributed by atoms with Gasteiger partial charge in [-0.3, -0.25) is 14.9 Å². The summed E-state index contributed by atoms with van der Waals surface area (Å²) in [6.07, 6.45) is 0.210. The quantitative estimate of drug-likeness (QED) is 0.418. The molecule has 0 saturated heterocycles. The number of nitrogens with zero attached hydrogens (tertiary/aromatic N) is 3. The standard InChI is InChI=1S/C19H21N3O5/c1-19(2,3)13-10-12(8-9-17(23)24)11-15(18(13)25)21-20-14-6-4-5-7-16(14)22(26)27/h4-7,10-11,25H,8-9H2,1-3H3,(H,23,24). The average molecular weight is 371 g/mol. The molecule has 2 aromatic carbocycles. The van der Waals surface area contributed by atoms with Gasteiger partial charge in [0.1, 0.15) is 11.4 Å². The van der Waals surface area contributed by atoms with E-state index in [-0.39, 0.29) is 35.7 Å². The van der Waals surface area contributed by atoms with Crippen molar-refractivity contribution in [1.82, 2.24) is 0 Å². The number of hydrogen-bond acceptors (Lipinski definition) is 6. The molecule has 8 nitrogen and oxygen atoms in total. The number of rotatable bonds is 6. The van der Waals surface area contributed by atoms with Gasteiger partial charge in [0.15, 0.2) is 5.69 Å². The molecule has 0 amide bonds. The molecule has 0 unspecified atom stereocenters. The van der Waals surface area contributed by atoms with Gasteiger partial charge in [-0.25, -0.2) is 0 Å². The molecule has 27 heavy (non-hydrogen) atoms. The summed E-state index contributed by atoms with van der Waals surface area (Å²) in [6.45, 7) is 5.73. The van der Waals surface area contributed by atoms with E-state index in [1.54, 1.807) is 18.2 Å². The van der Waals surface area contributed by atoms with E-state index in [9.17, 15) is 20.0 Å². The van der Waals surface area contributed by atoms with Crippen LogP contribution >= 0.6 is 0 Å². The maximum Gasteiger partial charge on any atom is 0.303 e. The summed E-state index contributed by atoms with van der Waals surface area (Å²) in [5, 5.41) is 38.5. The van der Waals surface area contributed by atoms with E-state index in [4.69, 9.17) is 5.11 Å². The third-order valence-corrected chi connectivity index (χ3v) is 3.93. The predicted molar refractivity (Wildman–Crippen MR) is 100 cm³/mol. The zero-order chi connectivity index (χ0) is 20.2. The highest BCUT2D eigenvalue weighted by Gasteiger charge is 2.22. The molecule has 142 valence electrons. The highest BCUT2D eigenvalue weighted by molar-refractivity contribution is 5.67. The second-order valence-electron chi connectivity index (χ2n) is 7.10. The van der Waals surface area contributed by atoms with Crippen LogP contribution in [0.2, 0.25) is 0 Å². The Morgan fingerprint density at radius 1 is 1.15 bits per heavy atom. The molecule has 0 heterocycles. The number of para-hydroxylation sites is 1. The first kappa shape index (κ1) is 20.0. The van der Waals surface area contributed by atoms with Crippen LogP contribution in [0.25, 0.3) is 0 Å². The van der Waals surface area contributed by atoms with Gasteiger partial charge in [0.05, 0.1) is 4.92 Å². The Bertz CT molecular complexity index is 901. The summed E-state index contributed by atoms with van der Waals surface area (Å²) in [6, 6.07) is 9.20. The van der Waals surface area contributed by atoms with Crippen molar-refractivity contribution in [1.29, 1.82) is 0 Å². The van der Waals surface area contributed by atoms with Crippen molar-refractivity contribution < 1.29 is 19.9 Å². The molecule has 2 N–H and O–H groups in total. The number of nitro groups is 1. The van der Waals surface area contributed by atoms with Crippen LogP contribution in [-0.4, -0.2) is 21.1 Å². The van der Waals surface area contributed by atoms with Crippen LogP contribution in [0.1, 0.15) is 38.3 Å². The van der Waals surface area contributed by atoms with Gasteiger partial charge in [0, 0.05) is 18.1 Å². The Labute approximate surface area is 156 Å². The van der Waals surface area contributed by atoms with Gasteiger partial charge in [-0.2, -0.15) is 0 Å². The minimum atomic E-state index is -0.927. The number of azo groups is 1. The molecule has 2 rings (SSSR count). The van der Waals surface area contributed by atoms with E-state index in [2.05, 4.69) is 10.2 Å². The number of carboxylic acid groups (broad SMARTS) is 1. The van der Waals surface area contributed by atoms with Gasteiger partial charge in [0.2, 0.25) is 0 Å². The number of aromatic hydroxyl groups is 1. The van der Waals surface area contributed by atoms with E-state index in [1.165, 1.54) is 18.2 Å². The summed E-state index contributed by atoms with van der Waals surface area (Å²) in [4.78, 5) is 21.4. The normalized spacial score (nSPS) is 11.7. The number of nitro benzene ring substituents is 1. The van der Waals surface area contributed by atoms with E-state index < -0.39 is 16.3 Å². The molecular weight excluding hydrogens is 350 g/mol. The van der Waals surface area contributed by atoms with Crippen molar-refractivity contribution in [2.24, 2.45) is 10.2 Å². The molecule has 0 aromatic heterocycles. The molecule has 0 fully saturated rings. The number of aliphatic carboxylic acids is 1. The molecule has 0 atom stereocenters. The monoisotopic (exact) mass is 371 g/mol. The van der Waals surface area contributed by atoms with E-state index >= 15 is 0 Å². The lowest BCUT2D eigenvalue weighted by atomic mass is 9.84. The van der Waals surface area contributed by atoms with Crippen molar-refractivity contribution in [3.63, 3.8) is 0 Å². The predicted octanol–water partition coefficient (Wildman–Crippen LogP) is 5.03. The van der Waals surface area contributed by atoms with Crippen LogP contribution in [0.15, 0.2) is 46.6 Å². The summed E-state index contributed by atoms with van der Waals surface area (Å²) in [5.74, 6) is -1.01. The van der Waals surface area contributed by atoms with Crippen molar-refractivity contribution in [2.45, 2.75) is 39.0 Å². The first-order chi connectivity index (χ1) is 12.6. The van der Waals surface area contributed by atoms with Crippen LogP contribution in [0.4, 0.5) is 17.1 Å². The molecule has 0 aliphatic carbocycles. The number of phenols is 1. The lowest BCUT2D eigenvalue weighted by molar-refractivity contribution is -0.384. The number of aryl methyl sites for hydroxylation is 1. The molecule has 0 spiro atoms. The third-order valence-electron chi connectivity index (χ3n) is 3.93. The SMILES string of the molecule is CC(C)(C)c1cc(CCC(=O)O)cc(N=Nc2ccccc2[N+](=O)[O-])c1O. The Balaban J connectivity index is 2.50. The van der Waals surface area contributed by atoms with Crippen LogP contribution in [-0.2, 0) is 16.6 Å². The van der Waals surface area contributed by atoms with Crippen LogP contribution < -0.4 is 0 Å². The lowest BCUT2D eigenvalue weighted by Crippen LogP contribution is -2.12. The fraction of sp³-hybridized carbons (Fsp3) is 0.316. The third kappa shape index (κ3) is 5.10. The molecule has 0 aliphatic rings. The number of carbonyl (C=O) groups is 1. The average Bonchev–Trinajstić information content (AvgIpc) is 2.58. The molecule has 8 heteroatoms. The fourth-order valence-electron chi connectivity index (χ4n) is 2.53. The molecule has 0 radical (unpaired) electrons. The number of hydrogen-bond donors (Lipinski definition) is 2. The Hall–Kier alpha value is -3.29. The van der Waals surface area contributed by atoms with Crippen molar-refractivity contribution in [3.8, 4) is 5.75 Å². The maximum absolute atomic E-state index is 11.1. The maximum atomic E-state index is 11.1. The van der Waals surface area contributed by atoms with Crippen LogP contribution in [0, 0.1) is 10.1 Å².